The van der Waals surface area contributed by atoms with Crippen LogP contribution in [0, 0.1) is 0 Å². The SMILES string of the molecule is CSCCCNc1nc(N)nc(N2CCCC2)n1. The maximum atomic E-state index is 5.72. The van der Waals surface area contributed by atoms with Crippen molar-refractivity contribution in [3.63, 3.8) is 0 Å². The smallest absolute Gasteiger partial charge is 0.231 e. The standard InChI is InChI=1S/C11H20N6S/c1-18-8-4-5-13-10-14-9(12)15-11(16-10)17-6-2-3-7-17/h2-8H2,1H3,(H3,12,13,14,15,16). The normalized spacial score (nSPS) is 15.1. The summed E-state index contributed by atoms with van der Waals surface area (Å²) < 4.78 is 0. The summed E-state index contributed by atoms with van der Waals surface area (Å²) in [7, 11) is 0. The van der Waals surface area contributed by atoms with Gasteiger partial charge in [-0.2, -0.15) is 26.7 Å². The van der Waals surface area contributed by atoms with Gasteiger partial charge in [0.25, 0.3) is 0 Å². The lowest BCUT2D eigenvalue weighted by molar-refractivity contribution is 0.876. The summed E-state index contributed by atoms with van der Waals surface area (Å²) in [5.74, 6) is 2.71. The van der Waals surface area contributed by atoms with Crippen molar-refractivity contribution in [1.29, 1.82) is 0 Å². The molecule has 0 amide bonds. The Morgan fingerprint density at radius 3 is 2.78 bits per heavy atom. The van der Waals surface area contributed by atoms with E-state index in [4.69, 9.17) is 5.73 Å². The predicted octanol–water partition coefficient (Wildman–Crippen LogP) is 1.22. The van der Waals surface area contributed by atoms with Crippen LogP contribution in [-0.2, 0) is 0 Å². The van der Waals surface area contributed by atoms with Crippen molar-refractivity contribution in [2.24, 2.45) is 0 Å². The van der Waals surface area contributed by atoms with Gasteiger partial charge in [0.05, 0.1) is 0 Å². The van der Waals surface area contributed by atoms with Crippen LogP contribution in [0.2, 0.25) is 0 Å². The third-order valence-corrected chi connectivity index (χ3v) is 3.54. The van der Waals surface area contributed by atoms with Crippen LogP contribution >= 0.6 is 11.8 Å². The van der Waals surface area contributed by atoms with Crippen molar-refractivity contribution in [1.82, 2.24) is 15.0 Å². The summed E-state index contributed by atoms with van der Waals surface area (Å²) in [5.41, 5.74) is 5.72. The number of nitrogens with zero attached hydrogens (tertiary/aromatic N) is 4. The number of nitrogens with one attached hydrogen (secondary N) is 1. The molecule has 1 aliphatic rings. The number of nitrogen functional groups attached to an aromatic ring is 1. The molecule has 7 heteroatoms. The van der Waals surface area contributed by atoms with Crippen LogP contribution in [0.25, 0.3) is 0 Å². The molecule has 1 fully saturated rings. The number of anilines is 3. The fourth-order valence-corrected chi connectivity index (χ4v) is 2.37. The Bertz CT molecular complexity index is 380. The molecule has 1 aromatic rings. The lowest BCUT2D eigenvalue weighted by Gasteiger charge is -2.15. The van der Waals surface area contributed by atoms with Crippen molar-refractivity contribution >= 4 is 29.6 Å². The number of rotatable bonds is 6. The zero-order chi connectivity index (χ0) is 12.8. The topological polar surface area (TPSA) is 80.0 Å². The third kappa shape index (κ3) is 3.63. The first-order chi connectivity index (χ1) is 8.79. The van der Waals surface area contributed by atoms with E-state index in [9.17, 15) is 0 Å². The Hall–Kier alpha value is -1.24. The molecule has 1 aromatic heterocycles. The van der Waals surface area contributed by atoms with Gasteiger partial charge >= 0.3 is 0 Å². The van der Waals surface area contributed by atoms with Crippen LogP contribution in [0.5, 0.6) is 0 Å². The quantitative estimate of drug-likeness (QED) is 0.751. The zero-order valence-corrected chi connectivity index (χ0v) is 11.5. The van der Waals surface area contributed by atoms with E-state index in [0.29, 0.717) is 17.8 Å². The van der Waals surface area contributed by atoms with Gasteiger partial charge in [0.2, 0.25) is 17.8 Å². The summed E-state index contributed by atoms with van der Waals surface area (Å²) in [6.45, 7) is 2.88. The molecule has 0 aliphatic carbocycles. The van der Waals surface area contributed by atoms with E-state index in [2.05, 4.69) is 31.4 Å². The fourth-order valence-electron chi connectivity index (χ4n) is 1.93. The van der Waals surface area contributed by atoms with Gasteiger partial charge in [-0.05, 0) is 31.3 Å². The molecule has 0 spiro atoms. The van der Waals surface area contributed by atoms with Crippen molar-refractivity contribution in [2.45, 2.75) is 19.3 Å². The van der Waals surface area contributed by atoms with Crippen molar-refractivity contribution in [2.75, 3.05) is 47.6 Å². The van der Waals surface area contributed by atoms with E-state index in [1.54, 1.807) is 0 Å². The molecule has 1 saturated heterocycles. The van der Waals surface area contributed by atoms with Crippen LogP contribution in [0.1, 0.15) is 19.3 Å². The first kappa shape index (κ1) is 13.2. The van der Waals surface area contributed by atoms with E-state index < -0.39 is 0 Å². The highest BCUT2D eigenvalue weighted by Crippen LogP contribution is 2.17. The number of thioether (sulfide) groups is 1. The average molecular weight is 268 g/mol. The van der Waals surface area contributed by atoms with E-state index in [-0.39, 0.29) is 0 Å². The Kier molecular flexibility index (Phi) is 4.86. The van der Waals surface area contributed by atoms with Gasteiger partial charge in [-0.15, -0.1) is 0 Å². The number of hydrogen-bond donors (Lipinski definition) is 2. The highest BCUT2D eigenvalue weighted by atomic mass is 32.2. The fraction of sp³-hybridized carbons (Fsp3) is 0.727. The number of hydrogen-bond acceptors (Lipinski definition) is 7. The largest absolute Gasteiger partial charge is 0.368 e. The minimum Gasteiger partial charge on any atom is -0.368 e. The van der Waals surface area contributed by atoms with E-state index >= 15 is 0 Å². The van der Waals surface area contributed by atoms with Crippen molar-refractivity contribution in [3.8, 4) is 0 Å². The van der Waals surface area contributed by atoms with Gasteiger partial charge in [-0.25, -0.2) is 0 Å². The third-order valence-electron chi connectivity index (χ3n) is 2.84. The van der Waals surface area contributed by atoms with E-state index in [1.807, 2.05) is 11.8 Å². The van der Waals surface area contributed by atoms with Crippen molar-refractivity contribution in [3.05, 3.63) is 0 Å². The molecule has 0 bridgehead atoms. The van der Waals surface area contributed by atoms with Gasteiger partial charge in [0.15, 0.2) is 0 Å². The maximum absolute atomic E-state index is 5.72. The molecule has 0 unspecified atom stereocenters. The minimum atomic E-state index is 0.291. The van der Waals surface area contributed by atoms with Gasteiger partial charge in [0.1, 0.15) is 0 Å². The summed E-state index contributed by atoms with van der Waals surface area (Å²) in [6, 6.07) is 0. The molecule has 18 heavy (non-hydrogen) atoms. The van der Waals surface area contributed by atoms with Crippen molar-refractivity contribution < 1.29 is 0 Å². The summed E-state index contributed by atoms with van der Waals surface area (Å²) in [5, 5.41) is 3.20. The molecule has 0 radical (unpaired) electrons. The van der Waals surface area contributed by atoms with Gasteiger partial charge in [0, 0.05) is 19.6 Å². The van der Waals surface area contributed by atoms with Crippen LogP contribution in [-0.4, -0.2) is 46.6 Å². The Balaban J connectivity index is 1.97. The molecule has 1 aliphatic heterocycles. The molecule has 2 rings (SSSR count). The monoisotopic (exact) mass is 268 g/mol. The molecule has 0 aromatic carbocycles. The molecule has 3 N–H and O–H groups in total. The minimum absolute atomic E-state index is 0.291. The second kappa shape index (κ2) is 6.63. The Labute approximate surface area is 112 Å². The predicted molar refractivity (Wildman–Crippen MR) is 77.2 cm³/mol. The highest BCUT2D eigenvalue weighted by Gasteiger charge is 2.16. The average Bonchev–Trinajstić information content (AvgIpc) is 2.88. The summed E-state index contributed by atoms with van der Waals surface area (Å²) >= 11 is 1.84. The van der Waals surface area contributed by atoms with Gasteiger partial charge < -0.3 is 16.0 Å². The molecule has 0 saturated carbocycles. The molecular formula is C11H20N6S. The lowest BCUT2D eigenvalue weighted by atomic mass is 10.4. The first-order valence-corrected chi connectivity index (χ1v) is 7.68. The number of nitrogens with two attached hydrogens (primary N) is 1. The van der Waals surface area contributed by atoms with E-state index in [0.717, 1.165) is 31.8 Å². The van der Waals surface area contributed by atoms with Crippen LogP contribution < -0.4 is 16.0 Å². The molecular weight excluding hydrogens is 248 g/mol. The first-order valence-electron chi connectivity index (χ1n) is 6.29. The Morgan fingerprint density at radius 2 is 2.06 bits per heavy atom. The Morgan fingerprint density at radius 1 is 1.28 bits per heavy atom. The molecule has 0 atom stereocenters. The van der Waals surface area contributed by atoms with Crippen LogP contribution in [0.4, 0.5) is 17.8 Å². The lowest BCUT2D eigenvalue weighted by Crippen LogP contribution is -2.22. The van der Waals surface area contributed by atoms with Gasteiger partial charge in [-0.3, -0.25) is 0 Å². The molecule has 100 valence electrons. The second-order valence-electron chi connectivity index (χ2n) is 4.28. The molecule has 2 heterocycles. The summed E-state index contributed by atoms with van der Waals surface area (Å²) in [4.78, 5) is 14.9. The maximum Gasteiger partial charge on any atom is 0.231 e. The van der Waals surface area contributed by atoms with Crippen LogP contribution in [0.15, 0.2) is 0 Å². The number of aromatic nitrogens is 3. The van der Waals surface area contributed by atoms with Gasteiger partial charge in [-0.1, -0.05) is 0 Å². The van der Waals surface area contributed by atoms with E-state index in [1.165, 1.54) is 12.8 Å². The summed E-state index contributed by atoms with van der Waals surface area (Å²) in [6.07, 6.45) is 5.59. The second-order valence-corrected chi connectivity index (χ2v) is 5.27. The zero-order valence-electron chi connectivity index (χ0n) is 10.7. The molecule has 6 nitrogen and oxygen atoms in total. The van der Waals surface area contributed by atoms with Crippen LogP contribution in [0.3, 0.4) is 0 Å². The highest BCUT2D eigenvalue weighted by molar-refractivity contribution is 7.98.